The molecule has 0 saturated heterocycles. The molecule has 0 aromatic heterocycles. The van der Waals surface area contributed by atoms with Gasteiger partial charge in [0.2, 0.25) is 0 Å². The van der Waals surface area contributed by atoms with Crippen molar-refractivity contribution in [3.8, 4) is 0 Å². The lowest BCUT2D eigenvalue weighted by Crippen LogP contribution is -2.34. The van der Waals surface area contributed by atoms with Gasteiger partial charge in [-0.25, -0.2) is 9.18 Å². The molecule has 0 atom stereocenters. The van der Waals surface area contributed by atoms with Gasteiger partial charge in [-0.2, -0.15) is 13.2 Å². The monoisotopic (exact) mass is 296 g/mol. The molecular weight excluding hydrogens is 276 g/mol. The molecule has 116 valence electrons. The zero-order chi connectivity index (χ0) is 14.8. The molecule has 2 nitrogen and oxygen atoms in total. The summed E-state index contributed by atoms with van der Waals surface area (Å²) in [5, 5.41) is 0. The molecule has 2 rings (SSSR count). The molecular formula is C14H20F4O2. The molecule has 2 saturated carbocycles. The van der Waals surface area contributed by atoms with Crippen molar-refractivity contribution >= 4 is 5.97 Å². The van der Waals surface area contributed by atoms with Crippen LogP contribution in [0.1, 0.15) is 51.4 Å². The Morgan fingerprint density at radius 3 is 1.75 bits per heavy atom. The SMILES string of the molecule is O=C(OC1CCC(C2CCC(F)CC2)CC1)C(F)(F)F. The van der Waals surface area contributed by atoms with E-state index >= 15 is 0 Å². The lowest BCUT2D eigenvalue weighted by molar-refractivity contribution is -0.206. The van der Waals surface area contributed by atoms with Gasteiger partial charge in [-0.05, 0) is 63.2 Å². The third-order valence-electron chi connectivity index (χ3n) is 4.59. The largest absolute Gasteiger partial charge is 0.490 e. The van der Waals surface area contributed by atoms with E-state index in [-0.39, 0.29) is 0 Å². The van der Waals surface area contributed by atoms with E-state index < -0.39 is 24.4 Å². The van der Waals surface area contributed by atoms with Gasteiger partial charge in [-0.15, -0.1) is 0 Å². The predicted molar refractivity (Wildman–Crippen MR) is 64.7 cm³/mol. The summed E-state index contributed by atoms with van der Waals surface area (Å²) in [7, 11) is 0. The zero-order valence-corrected chi connectivity index (χ0v) is 11.3. The first-order valence-electron chi connectivity index (χ1n) is 7.28. The van der Waals surface area contributed by atoms with Gasteiger partial charge < -0.3 is 4.74 Å². The predicted octanol–water partition coefficient (Wildman–Crippen LogP) is 4.18. The highest BCUT2D eigenvalue weighted by Gasteiger charge is 2.43. The highest BCUT2D eigenvalue weighted by Crippen LogP contribution is 2.39. The van der Waals surface area contributed by atoms with Crippen molar-refractivity contribution in [1.82, 2.24) is 0 Å². The molecule has 2 aliphatic rings. The van der Waals surface area contributed by atoms with Gasteiger partial charge >= 0.3 is 12.1 Å². The summed E-state index contributed by atoms with van der Waals surface area (Å²) in [5.74, 6) is -1.15. The van der Waals surface area contributed by atoms with E-state index in [4.69, 9.17) is 0 Å². The maximum absolute atomic E-state index is 13.1. The zero-order valence-electron chi connectivity index (χ0n) is 11.3. The van der Waals surface area contributed by atoms with Crippen molar-refractivity contribution in [1.29, 1.82) is 0 Å². The highest BCUT2D eigenvalue weighted by atomic mass is 19.4. The summed E-state index contributed by atoms with van der Waals surface area (Å²) in [6, 6.07) is 0. The van der Waals surface area contributed by atoms with Crippen LogP contribution in [-0.4, -0.2) is 24.4 Å². The summed E-state index contributed by atoms with van der Waals surface area (Å²) in [5.41, 5.74) is 0. The average molecular weight is 296 g/mol. The standard InChI is InChI=1S/C14H20F4O2/c15-11-5-1-9(2-6-11)10-3-7-12(8-4-10)20-13(19)14(16,17)18/h9-12H,1-8H2. The molecule has 0 heterocycles. The summed E-state index contributed by atoms with van der Waals surface area (Å²) in [4.78, 5) is 10.8. The van der Waals surface area contributed by atoms with Crippen molar-refractivity contribution in [2.75, 3.05) is 0 Å². The van der Waals surface area contributed by atoms with Crippen LogP contribution in [0.5, 0.6) is 0 Å². The Bertz CT molecular complexity index is 327. The Morgan fingerprint density at radius 2 is 1.30 bits per heavy atom. The summed E-state index contributed by atoms with van der Waals surface area (Å²) in [6.45, 7) is 0. The van der Waals surface area contributed by atoms with Crippen LogP contribution in [-0.2, 0) is 9.53 Å². The molecule has 20 heavy (non-hydrogen) atoms. The van der Waals surface area contributed by atoms with Crippen molar-refractivity contribution < 1.29 is 27.1 Å². The Kier molecular flexibility index (Phi) is 4.91. The Morgan fingerprint density at radius 1 is 0.850 bits per heavy atom. The first-order valence-corrected chi connectivity index (χ1v) is 7.28. The summed E-state index contributed by atoms with van der Waals surface area (Å²) < 4.78 is 53.9. The fraction of sp³-hybridized carbons (Fsp3) is 0.929. The van der Waals surface area contributed by atoms with Gasteiger partial charge in [0.15, 0.2) is 0 Å². The fourth-order valence-corrected chi connectivity index (χ4v) is 3.45. The second kappa shape index (κ2) is 6.31. The first kappa shape index (κ1) is 15.6. The van der Waals surface area contributed by atoms with E-state index in [2.05, 4.69) is 4.74 Å². The molecule has 0 radical (unpaired) electrons. The van der Waals surface area contributed by atoms with E-state index in [0.717, 1.165) is 25.7 Å². The number of carbonyl (C=O) groups is 1. The molecule has 2 fully saturated rings. The Balaban J connectivity index is 1.74. The normalized spacial score (nSPS) is 35.6. The number of ether oxygens (including phenoxy) is 1. The molecule has 6 heteroatoms. The number of alkyl halides is 4. The number of hydrogen-bond acceptors (Lipinski definition) is 2. The average Bonchev–Trinajstić information content (AvgIpc) is 2.39. The summed E-state index contributed by atoms with van der Waals surface area (Å²) >= 11 is 0. The molecule has 0 aliphatic heterocycles. The third kappa shape index (κ3) is 4.09. The second-order valence-corrected chi connectivity index (χ2v) is 5.95. The minimum atomic E-state index is -4.91. The van der Waals surface area contributed by atoms with Crippen LogP contribution in [0.25, 0.3) is 0 Å². The van der Waals surface area contributed by atoms with Crippen molar-refractivity contribution in [3.05, 3.63) is 0 Å². The Labute approximate surface area is 115 Å². The number of esters is 1. The van der Waals surface area contributed by atoms with Gasteiger partial charge in [-0.3, -0.25) is 0 Å². The maximum atomic E-state index is 13.1. The van der Waals surface area contributed by atoms with Crippen LogP contribution in [0, 0.1) is 11.8 Å². The minimum absolute atomic E-state index is 0.448. The van der Waals surface area contributed by atoms with Crippen molar-refractivity contribution in [2.45, 2.75) is 69.8 Å². The van der Waals surface area contributed by atoms with E-state index in [0.29, 0.717) is 37.5 Å². The topological polar surface area (TPSA) is 26.3 Å². The van der Waals surface area contributed by atoms with Gasteiger partial charge in [0.05, 0.1) is 0 Å². The number of halogens is 4. The van der Waals surface area contributed by atoms with E-state index in [1.165, 1.54) is 0 Å². The number of carbonyl (C=O) groups excluding carboxylic acids is 1. The first-order chi connectivity index (χ1) is 9.36. The highest BCUT2D eigenvalue weighted by molar-refractivity contribution is 5.75. The molecule has 0 spiro atoms. The van der Waals surface area contributed by atoms with Crippen LogP contribution < -0.4 is 0 Å². The van der Waals surface area contributed by atoms with Crippen LogP contribution in [0.3, 0.4) is 0 Å². The van der Waals surface area contributed by atoms with E-state index in [1.807, 2.05) is 0 Å². The maximum Gasteiger partial charge on any atom is 0.490 e. The third-order valence-corrected chi connectivity index (χ3v) is 4.59. The molecule has 2 aliphatic carbocycles. The molecule has 0 aromatic carbocycles. The molecule has 0 N–H and O–H groups in total. The quantitative estimate of drug-likeness (QED) is 0.564. The van der Waals surface area contributed by atoms with E-state index in [9.17, 15) is 22.4 Å². The van der Waals surface area contributed by atoms with Gasteiger partial charge in [0, 0.05) is 0 Å². The lowest BCUT2D eigenvalue weighted by Gasteiger charge is -2.36. The van der Waals surface area contributed by atoms with Gasteiger partial charge in [0.25, 0.3) is 0 Å². The number of hydrogen-bond donors (Lipinski definition) is 0. The second-order valence-electron chi connectivity index (χ2n) is 5.95. The Hall–Kier alpha value is -0.810. The van der Waals surface area contributed by atoms with Crippen LogP contribution in [0.4, 0.5) is 17.6 Å². The number of rotatable bonds is 2. The molecule has 0 amide bonds. The van der Waals surface area contributed by atoms with E-state index in [1.54, 1.807) is 0 Å². The summed E-state index contributed by atoms with van der Waals surface area (Å²) in [6.07, 6.45) is -0.720. The van der Waals surface area contributed by atoms with Crippen LogP contribution in [0.15, 0.2) is 0 Å². The molecule has 0 unspecified atom stereocenters. The van der Waals surface area contributed by atoms with Crippen LogP contribution in [0.2, 0.25) is 0 Å². The van der Waals surface area contributed by atoms with Gasteiger partial charge in [0.1, 0.15) is 12.3 Å². The van der Waals surface area contributed by atoms with Crippen LogP contribution >= 0.6 is 0 Å². The molecule has 0 bridgehead atoms. The lowest BCUT2D eigenvalue weighted by atomic mass is 9.72. The van der Waals surface area contributed by atoms with Crippen molar-refractivity contribution in [2.24, 2.45) is 11.8 Å². The van der Waals surface area contributed by atoms with Gasteiger partial charge in [-0.1, -0.05) is 0 Å². The minimum Gasteiger partial charge on any atom is -0.456 e. The van der Waals surface area contributed by atoms with Crippen molar-refractivity contribution in [3.63, 3.8) is 0 Å². The molecule has 0 aromatic rings. The fourth-order valence-electron chi connectivity index (χ4n) is 3.45. The smallest absolute Gasteiger partial charge is 0.456 e.